The number of methoxy groups -OCH3 is 1. The van der Waals surface area contributed by atoms with Gasteiger partial charge in [-0.2, -0.15) is 8.78 Å². The molecule has 0 saturated carbocycles. The third-order valence-corrected chi connectivity index (χ3v) is 4.84. The van der Waals surface area contributed by atoms with Gasteiger partial charge in [-0.3, -0.25) is 19.8 Å². The third kappa shape index (κ3) is 6.81. The number of nitrogens with one attached hydrogen (secondary N) is 1. The number of nitrogens with zero attached hydrogens (tertiary/aromatic N) is 2. The Hall–Kier alpha value is -2.49. The number of hydrogen-bond acceptors (Lipinski definition) is 6. The molecule has 0 radical (unpaired) electrons. The second-order valence-corrected chi connectivity index (χ2v) is 7.06. The highest BCUT2D eigenvalue weighted by Crippen LogP contribution is 2.36. The number of carbonyl (C=O) groups excluding carboxylic acids is 1. The highest BCUT2D eigenvalue weighted by Gasteiger charge is 2.26. The summed E-state index contributed by atoms with van der Waals surface area (Å²) in [7, 11) is 1.29. The van der Waals surface area contributed by atoms with E-state index in [1.807, 2.05) is 6.92 Å². The number of benzene rings is 1. The van der Waals surface area contributed by atoms with Crippen molar-refractivity contribution in [2.75, 3.05) is 26.7 Å². The van der Waals surface area contributed by atoms with Crippen LogP contribution < -0.4 is 14.8 Å². The number of carbonyl (C=O) groups is 1. The van der Waals surface area contributed by atoms with Gasteiger partial charge in [0, 0.05) is 31.6 Å². The van der Waals surface area contributed by atoms with Crippen molar-refractivity contribution in [3.05, 3.63) is 27.8 Å². The number of ether oxygens (including phenoxy) is 2. The summed E-state index contributed by atoms with van der Waals surface area (Å²) in [4.78, 5) is 24.6. The molecule has 1 aliphatic heterocycles. The Kier molecular flexibility index (Phi) is 8.56. The molecule has 10 heteroatoms. The highest BCUT2D eigenvalue weighted by molar-refractivity contribution is 5.75. The third-order valence-electron chi connectivity index (χ3n) is 4.84. The molecule has 8 nitrogen and oxygen atoms in total. The van der Waals surface area contributed by atoms with Crippen LogP contribution in [0, 0.1) is 16.0 Å². The summed E-state index contributed by atoms with van der Waals surface area (Å²) in [5, 5.41) is 14.4. The molecule has 1 unspecified atom stereocenters. The first-order chi connectivity index (χ1) is 13.8. The SMILES string of the molecule is CCCC(=O)NCC1CCCN(Cc2cc(OC)c(OC(F)F)cc2[N+](=O)[O-])C1. The van der Waals surface area contributed by atoms with Gasteiger partial charge in [0.2, 0.25) is 5.91 Å². The van der Waals surface area contributed by atoms with Crippen molar-refractivity contribution in [2.24, 2.45) is 5.92 Å². The molecule has 2 rings (SSSR count). The molecule has 1 aromatic rings. The van der Waals surface area contributed by atoms with Gasteiger partial charge in [-0.25, -0.2) is 0 Å². The van der Waals surface area contributed by atoms with E-state index in [1.165, 1.54) is 13.2 Å². The van der Waals surface area contributed by atoms with Crippen LogP contribution in [0.5, 0.6) is 11.5 Å². The summed E-state index contributed by atoms with van der Waals surface area (Å²) in [6, 6.07) is 2.36. The van der Waals surface area contributed by atoms with Crippen LogP contribution in [0.15, 0.2) is 12.1 Å². The van der Waals surface area contributed by atoms with Crippen molar-refractivity contribution in [3.8, 4) is 11.5 Å². The normalized spacial score (nSPS) is 17.2. The first-order valence-electron chi connectivity index (χ1n) is 9.63. The second-order valence-electron chi connectivity index (χ2n) is 7.06. The molecule has 162 valence electrons. The van der Waals surface area contributed by atoms with Gasteiger partial charge in [0.15, 0.2) is 11.5 Å². The number of likely N-dealkylation sites (tertiary alicyclic amines) is 1. The molecule has 0 aromatic heterocycles. The lowest BCUT2D eigenvalue weighted by Gasteiger charge is -2.32. The number of piperidine rings is 1. The summed E-state index contributed by atoms with van der Waals surface area (Å²) in [5.41, 5.74) is 0.0731. The molecule has 1 heterocycles. The first-order valence-corrected chi connectivity index (χ1v) is 9.63. The zero-order valence-corrected chi connectivity index (χ0v) is 16.7. The molecule has 1 N–H and O–H groups in total. The summed E-state index contributed by atoms with van der Waals surface area (Å²) >= 11 is 0. The molecule has 0 spiro atoms. The zero-order chi connectivity index (χ0) is 21.4. The van der Waals surface area contributed by atoms with E-state index in [9.17, 15) is 23.7 Å². The van der Waals surface area contributed by atoms with Crippen LogP contribution in [-0.4, -0.2) is 49.1 Å². The molecule has 1 aliphatic rings. The van der Waals surface area contributed by atoms with E-state index in [0.29, 0.717) is 25.1 Å². The fraction of sp³-hybridized carbons (Fsp3) is 0.632. The molecule has 1 atom stereocenters. The number of nitro benzene ring substituents is 1. The van der Waals surface area contributed by atoms with E-state index >= 15 is 0 Å². The summed E-state index contributed by atoms with van der Waals surface area (Å²) in [6.07, 6.45) is 3.16. The van der Waals surface area contributed by atoms with Gasteiger partial charge in [0.1, 0.15) is 0 Å². The number of rotatable bonds is 10. The molecule has 1 amide bonds. The van der Waals surface area contributed by atoms with E-state index in [0.717, 1.165) is 31.9 Å². The van der Waals surface area contributed by atoms with Gasteiger partial charge in [-0.15, -0.1) is 0 Å². The lowest BCUT2D eigenvalue weighted by atomic mass is 9.97. The van der Waals surface area contributed by atoms with E-state index < -0.39 is 11.5 Å². The van der Waals surface area contributed by atoms with Crippen LogP contribution in [0.3, 0.4) is 0 Å². The van der Waals surface area contributed by atoms with E-state index in [4.69, 9.17) is 4.74 Å². The largest absolute Gasteiger partial charge is 0.493 e. The van der Waals surface area contributed by atoms with Crippen molar-refractivity contribution in [1.82, 2.24) is 10.2 Å². The van der Waals surface area contributed by atoms with Crippen LogP contribution in [0.2, 0.25) is 0 Å². The van der Waals surface area contributed by atoms with Gasteiger partial charge in [-0.05, 0) is 37.8 Å². The van der Waals surface area contributed by atoms with Gasteiger partial charge in [-0.1, -0.05) is 6.92 Å². The van der Waals surface area contributed by atoms with Gasteiger partial charge >= 0.3 is 6.61 Å². The van der Waals surface area contributed by atoms with Crippen molar-refractivity contribution in [1.29, 1.82) is 0 Å². The van der Waals surface area contributed by atoms with E-state index in [1.54, 1.807) is 0 Å². The van der Waals surface area contributed by atoms with Crippen molar-refractivity contribution >= 4 is 11.6 Å². The second kappa shape index (κ2) is 10.9. The minimum atomic E-state index is -3.11. The molecule has 29 heavy (non-hydrogen) atoms. The van der Waals surface area contributed by atoms with Gasteiger partial charge in [0.25, 0.3) is 5.69 Å². The fourth-order valence-corrected chi connectivity index (χ4v) is 3.51. The van der Waals surface area contributed by atoms with Crippen molar-refractivity contribution in [3.63, 3.8) is 0 Å². The maximum atomic E-state index is 12.6. The average molecular weight is 415 g/mol. The van der Waals surface area contributed by atoms with Crippen molar-refractivity contribution in [2.45, 2.75) is 45.8 Å². The van der Waals surface area contributed by atoms with Gasteiger partial charge < -0.3 is 14.8 Å². The summed E-state index contributed by atoms with van der Waals surface area (Å²) in [6.45, 7) is 1.12. The number of amides is 1. The zero-order valence-electron chi connectivity index (χ0n) is 16.7. The Balaban J connectivity index is 2.11. The van der Waals surface area contributed by atoms with Gasteiger partial charge in [0.05, 0.1) is 18.1 Å². The Morgan fingerprint density at radius 3 is 2.79 bits per heavy atom. The lowest BCUT2D eigenvalue weighted by Crippen LogP contribution is -2.40. The predicted molar refractivity (Wildman–Crippen MR) is 102 cm³/mol. The number of nitro groups is 1. The molecule has 0 aliphatic carbocycles. The highest BCUT2D eigenvalue weighted by atomic mass is 19.3. The number of halogens is 2. The summed E-state index contributed by atoms with van der Waals surface area (Å²) < 4.78 is 34.6. The van der Waals surface area contributed by atoms with Crippen molar-refractivity contribution < 1.29 is 28.0 Å². The lowest BCUT2D eigenvalue weighted by molar-refractivity contribution is -0.385. The average Bonchev–Trinajstić information content (AvgIpc) is 2.67. The van der Waals surface area contributed by atoms with Crippen LogP contribution >= 0.6 is 0 Å². The first kappa shape index (κ1) is 22.8. The molecule has 0 bridgehead atoms. The van der Waals surface area contributed by atoms with E-state index in [-0.39, 0.29) is 35.6 Å². The molecular formula is C19H27F2N3O5. The Labute approximate surface area is 168 Å². The van der Waals surface area contributed by atoms with Crippen LogP contribution in [-0.2, 0) is 11.3 Å². The Bertz CT molecular complexity index is 717. The Morgan fingerprint density at radius 1 is 1.41 bits per heavy atom. The predicted octanol–water partition coefficient (Wildman–Crippen LogP) is 3.33. The van der Waals surface area contributed by atoms with E-state index in [2.05, 4.69) is 15.0 Å². The topological polar surface area (TPSA) is 93.9 Å². The molecule has 1 saturated heterocycles. The maximum absolute atomic E-state index is 12.6. The quantitative estimate of drug-likeness (QED) is 0.465. The number of hydrogen-bond donors (Lipinski definition) is 1. The Morgan fingerprint density at radius 2 is 2.17 bits per heavy atom. The minimum Gasteiger partial charge on any atom is -0.493 e. The fourth-order valence-electron chi connectivity index (χ4n) is 3.51. The van der Waals surface area contributed by atoms with Crippen LogP contribution in [0.1, 0.15) is 38.2 Å². The maximum Gasteiger partial charge on any atom is 0.387 e. The smallest absolute Gasteiger partial charge is 0.387 e. The molecule has 1 fully saturated rings. The minimum absolute atomic E-state index is 0.0197. The monoisotopic (exact) mass is 415 g/mol. The number of alkyl halides is 2. The van der Waals surface area contributed by atoms with Crippen LogP contribution in [0.4, 0.5) is 14.5 Å². The molecule has 1 aromatic carbocycles. The standard InChI is InChI=1S/C19H27F2N3O5/c1-3-5-18(25)22-10-13-6-4-7-23(11-13)12-14-8-16(28-2)17(29-19(20)21)9-15(14)24(26)27/h8-9,13,19H,3-7,10-12H2,1-2H3,(H,22,25). The summed E-state index contributed by atoms with van der Waals surface area (Å²) in [5.74, 6) is -0.0639. The molecular weight excluding hydrogens is 388 g/mol. The van der Waals surface area contributed by atoms with Crippen LogP contribution in [0.25, 0.3) is 0 Å².